The molecule has 0 saturated heterocycles. The molecule has 0 aromatic heterocycles. The van der Waals surface area contributed by atoms with E-state index in [1.54, 1.807) is 29.2 Å². The van der Waals surface area contributed by atoms with Gasteiger partial charge in [0.05, 0.1) is 11.9 Å². The molecule has 7 nitrogen and oxygen atoms in total. The largest absolute Gasteiger partial charge is 0.350 e. The fraction of sp³-hybridized carbons (Fsp3) is 0.355. The summed E-state index contributed by atoms with van der Waals surface area (Å²) in [6.07, 6.45) is 1.90. The average Bonchev–Trinajstić information content (AvgIpc) is 2.89. The summed E-state index contributed by atoms with van der Waals surface area (Å²) >= 11 is 3.45. The van der Waals surface area contributed by atoms with Crippen LogP contribution in [-0.2, 0) is 32.6 Å². The lowest BCUT2D eigenvalue weighted by atomic mass is 10.00. The first kappa shape index (κ1) is 31.4. The van der Waals surface area contributed by atoms with Crippen LogP contribution < -0.4 is 9.62 Å². The Bertz CT molecular complexity index is 1360. The molecule has 0 aliphatic carbocycles. The van der Waals surface area contributed by atoms with Gasteiger partial charge in [-0.2, -0.15) is 0 Å². The summed E-state index contributed by atoms with van der Waals surface area (Å²) in [5.41, 5.74) is 1.90. The molecule has 0 spiro atoms. The monoisotopic (exact) mass is 627 g/mol. The average molecular weight is 629 g/mol. The molecule has 3 aromatic rings. The zero-order chi connectivity index (χ0) is 29.3. The summed E-state index contributed by atoms with van der Waals surface area (Å²) in [5.74, 6) is -0.446. The molecular formula is C31H38BrN3O4S. The second-order valence-electron chi connectivity index (χ2n) is 10.9. The molecule has 3 aromatic carbocycles. The maximum Gasteiger partial charge on any atom is 0.243 e. The Hall–Kier alpha value is -3.17. The fourth-order valence-electron chi connectivity index (χ4n) is 4.39. The fourth-order valence-corrected chi connectivity index (χ4v) is 5.62. The SMILES string of the molecule is CC(C)(C)NC(=O)[C@@H](Cc1ccccc1)N(Cc1ccc(Br)cc1)C(=O)CCCN(c1ccccc1)S(C)(=O)=O. The van der Waals surface area contributed by atoms with Crippen molar-refractivity contribution in [1.82, 2.24) is 10.2 Å². The minimum atomic E-state index is -3.54. The highest BCUT2D eigenvalue weighted by molar-refractivity contribution is 9.10. The number of anilines is 1. The highest BCUT2D eigenvalue weighted by atomic mass is 79.9. The number of carbonyl (C=O) groups is 2. The number of carbonyl (C=O) groups excluding carboxylic acids is 2. The van der Waals surface area contributed by atoms with Crippen molar-refractivity contribution in [1.29, 1.82) is 0 Å². The van der Waals surface area contributed by atoms with E-state index in [-0.39, 0.29) is 31.3 Å². The van der Waals surface area contributed by atoms with Crippen molar-refractivity contribution in [2.75, 3.05) is 17.1 Å². The molecule has 0 aliphatic heterocycles. The molecule has 0 fully saturated rings. The molecule has 1 atom stereocenters. The van der Waals surface area contributed by atoms with Crippen LogP contribution in [0.25, 0.3) is 0 Å². The van der Waals surface area contributed by atoms with E-state index in [0.717, 1.165) is 21.9 Å². The van der Waals surface area contributed by atoms with Gasteiger partial charge in [-0.05, 0) is 62.6 Å². The van der Waals surface area contributed by atoms with E-state index in [9.17, 15) is 18.0 Å². The molecular weight excluding hydrogens is 590 g/mol. The van der Waals surface area contributed by atoms with Crippen LogP contribution in [0.3, 0.4) is 0 Å². The maximum atomic E-state index is 13.9. The van der Waals surface area contributed by atoms with E-state index in [1.165, 1.54) is 4.31 Å². The van der Waals surface area contributed by atoms with Gasteiger partial charge in [0, 0.05) is 35.9 Å². The number of para-hydroxylation sites is 1. The molecule has 0 radical (unpaired) electrons. The first-order chi connectivity index (χ1) is 18.8. The van der Waals surface area contributed by atoms with Gasteiger partial charge in [-0.25, -0.2) is 8.42 Å². The van der Waals surface area contributed by atoms with Crippen LogP contribution >= 0.6 is 15.9 Å². The van der Waals surface area contributed by atoms with Gasteiger partial charge in [-0.3, -0.25) is 13.9 Å². The summed E-state index contributed by atoms with van der Waals surface area (Å²) in [5, 5.41) is 3.06. The predicted molar refractivity (Wildman–Crippen MR) is 164 cm³/mol. The van der Waals surface area contributed by atoms with Crippen molar-refractivity contribution in [3.63, 3.8) is 0 Å². The highest BCUT2D eigenvalue weighted by Gasteiger charge is 2.32. The molecule has 214 valence electrons. The van der Waals surface area contributed by atoms with Crippen LogP contribution in [0.15, 0.2) is 89.4 Å². The van der Waals surface area contributed by atoms with Gasteiger partial charge in [-0.15, -0.1) is 0 Å². The molecule has 2 amide bonds. The zero-order valence-electron chi connectivity index (χ0n) is 23.5. The number of amides is 2. The van der Waals surface area contributed by atoms with E-state index in [4.69, 9.17) is 0 Å². The molecule has 0 unspecified atom stereocenters. The number of rotatable bonds is 12. The quantitative estimate of drug-likeness (QED) is 0.285. The summed E-state index contributed by atoms with van der Waals surface area (Å²) in [6.45, 7) is 6.13. The second kappa shape index (κ2) is 13.9. The summed E-state index contributed by atoms with van der Waals surface area (Å²) in [6, 6.07) is 25.4. The van der Waals surface area contributed by atoms with Gasteiger partial charge >= 0.3 is 0 Å². The lowest BCUT2D eigenvalue weighted by Crippen LogP contribution is -2.54. The van der Waals surface area contributed by atoms with Crippen LogP contribution in [0.5, 0.6) is 0 Å². The molecule has 0 heterocycles. The van der Waals surface area contributed by atoms with Crippen molar-refractivity contribution in [2.24, 2.45) is 0 Å². The third-order valence-electron chi connectivity index (χ3n) is 6.23. The molecule has 0 bridgehead atoms. The third kappa shape index (κ3) is 9.78. The number of hydrogen-bond acceptors (Lipinski definition) is 4. The minimum Gasteiger partial charge on any atom is -0.350 e. The number of halogens is 1. The van der Waals surface area contributed by atoms with Gasteiger partial charge in [0.15, 0.2) is 0 Å². The standard InChI is InChI=1S/C31H38BrN3O4S/c1-31(2,3)33-30(37)28(22-24-12-7-5-8-13-24)34(23-25-17-19-26(32)20-18-25)29(36)16-11-21-35(40(4,38)39)27-14-9-6-10-15-27/h5-10,12-15,17-20,28H,11,16,21-23H2,1-4H3,(H,33,37)/t28-/m1/s1. The predicted octanol–water partition coefficient (Wildman–Crippen LogP) is 5.55. The molecule has 40 heavy (non-hydrogen) atoms. The topological polar surface area (TPSA) is 86.8 Å². The highest BCUT2D eigenvalue weighted by Crippen LogP contribution is 2.21. The number of sulfonamides is 1. The van der Waals surface area contributed by atoms with E-state index in [1.807, 2.05) is 81.4 Å². The van der Waals surface area contributed by atoms with E-state index >= 15 is 0 Å². The smallest absolute Gasteiger partial charge is 0.243 e. The van der Waals surface area contributed by atoms with E-state index in [0.29, 0.717) is 18.5 Å². The van der Waals surface area contributed by atoms with Crippen LogP contribution in [-0.4, -0.2) is 49.5 Å². The Morgan fingerprint density at radius 2 is 1.45 bits per heavy atom. The minimum absolute atomic E-state index is 0.0868. The Labute approximate surface area is 246 Å². The Morgan fingerprint density at radius 1 is 0.875 bits per heavy atom. The lowest BCUT2D eigenvalue weighted by molar-refractivity contribution is -0.142. The molecule has 1 N–H and O–H groups in total. The van der Waals surface area contributed by atoms with E-state index in [2.05, 4.69) is 21.2 Å². The first-order valence-corrected chi connectivity index (χ1v) is 15.9. The van der Waals surface area contributed by atoms with Crippen LogP contribution in [0.1, 0.15) is 44.7 Å². The van der Waals surface area contributed by atoms with Crippen molar-refractivity contribution in [2.45, 2.75) is 58.2 Å². The molecule has 9 heteroatoms. The van der Waals surface area contributed by atoms with E-state index < -0.39 is 21.6 Å². The van der Waals surface area contributed by atoms with Crippen LogP contribution in [0.2, 0.25) is 0 Å². The molecule has 0 saturated carbocycles. The zero-order valence-corrected chi connectivity index (χ0v) is 25.9. The number of benzene rings is 3. The number of hydrogen-bond donors (Lipinski definition) is 1. The second-order valence-corrected chi connectivity index (χ2v) is 13.7. The summed E-state index contributed by atoms with van der Waals surface area (Å²) < 4.78 is 27.3. The third-order valence-corrected chi connectivity index (χ3v) is 7.95. The van der Waals surface area contributed by atoms with Gasteiger partial charge in [-0.1, -0.05) is 76.6 Å². The van der Waals surface area contributed by atoms with Gasteiger partial charge in [0.25, 0.3) is 0 Å². The van der Waals surface area contributed by atoms with Crippen molar-refractivity contribution < 1.29 is 18.0 Å². The van der Waals surface area contributed by atoms with Gasteiger partial charge in [0.2, 0.25) is 21.8 Å². The number of nitrogens with one attached hydrogen (secondary N) is 1. The van der Waals surface area contributed by atoms with Crippen molar-refractivity contribution in [3.05, 3.63) is 101 Å². The molecule has 3 rings (SSSR count). The number of nitrogens with zero attached hydrogens (tertiary/aromatic N) is 2. The van der Waals surface area contributed by atoms with Crippen LogP contribution in [0, 0.1) is 0 Å². The first-order valence-electron chi connectivity index (χ1n) is 13.3. The van der Waals surface area contributed by atoms with Crippen molar-refractivity contribution >= 4 is 43.5 Å². The van der Waals surface area contributed by atoms with Gasteiger partial charge < -0.3 is 10.2 Å². The Morgan fingerprint density at radius 3 is 2.00 bits per heavy atom. The normalized spacial score (nSPS) is 12.4. The lowest BCUT2D eigenvalue weighted by Gasteiger charge is -2.34. The molecule has 0 aliphatic rings. The van der Waals surface area contributed by atoms with Crippen LogP contribution in [0.4, 0.5) is 5.69 Å². The van der Waals surface area contributed by atoms with Gasteiger partial charge in [0.1, 0.15) is 6.04 Å². The summed E-state index contributed by atoms with van der Waals surface area (Å²) in [7, 11) is -3.54. The summed E-state index contributed by atoms with van der Waals surface area (Å²) in [4.78, 5) is 29.1. The van der Waals surface area contributed by atoms with Crippen molar-refractivity contribution in [3.8, 4) is 0 Å². The Kier molecular flexibility index (Phi) is 10.9. The Balaban J connectivity index is 1.89. The maximum absolute atomic E-state index is 13.9.